The average Bonchev–Trinajstić information content (AvgIpc) is 2.97. The maximum Gasteiger partial charge on any atom is 0.175 e. The molecule has 3 aliphatic rings. The van der Waals surface area contributed by atoms with Crippen molar-refractivity contribution >= 4 is 27.5 Å². The molecular weight excluding hydrogens is 645 g/mol. The molecule has 5 nitrogen and oxygen atoms in total. The van der Waals surface area contributed by atoms with Crippen LogP contribution in [0.3, 0.4) is 0 Å². The Bertz CT molecular complexity index is 1700. The molecule has 1 heterocycles. The zero-order chi connectivity index (χ0) is 32.8. The fourth-order valence-corrected chi connectivity index (χ4v) is 7.85. The Labute approximate surface area is 279 Å². The lowest BCUT2D eigenvalue weighted by molar-refractivity contribution is -0.119. The van der Waals surface area contributed by atoms with E-state index in [0.717, 1.165) is 35.4 Å². The molecule has 240 valence electrons. The zero-order valence-electron chi connectivity index (χ0n) is 27.2. The van der Waals surface area contributed by atoms with E-state index in [4.69, 9.17) is 9.47 Å². The first-order chi connectivity index (χ1) is 21.9. The van der Waals surface area contributed by atoms with Gasteiger partial charge in [-0.2, -0.15) is 0 Å². The summed E-state index contributed by atoms with van der Waals surface area (Å²) in [6.07, 6.45) is 2.30. The molecule has 46 heavy (non-hydrogen) atoms. The van der Waals surface area contributed by atoms with Gasteiger partial charge in [0.25, 0.3) is 0 Å². The van der Waals surface area contributed by atoms with Crippen molar-refractivity contribution in [1.29, 1.82) is 0 Å². The van der Waals surface area contributed by atoms with Crippen LogP contribution < -0.4 is 9.47 Å². The van der Waals surface area contributed by atoms with Crippen LogP contribution in [0.15, 0.2) is 93.7 Å². The second-order valence-corrected chi connectivity index (χ2v) is 15.1. The third kappa shape index (κ3) is 6.44. The summed E-state index contributed by atoms with van der Waals surface area (Å²) in [7, 11) is 0. The number of hydrogen-bond acceptors (Lipinski definition) is 5. The van der Waals surface area contributed by atoms with Crippen molar-refractivity contribution in [2.75, 3.05) is 6.61 Å². The molecule has 3 aromatic carbocycles. The molecular formula is C39H41BrFNO4. The van der Waals surface area contributed by atoms with Gasteiger partial charge in [-0.25, -0.2) is 4.39 Å². The molecule has 0 bridgehead atoms. The quantitative estimate of drug-likeness (QED) is 0.236. The van der Waals surface area contributed by atoms with Gasteiger partial charge in [-0.1, -0.05) is 70.2 Å². The summed E-state index contributed by atoms with van der Waals surface area (Å²) < 4.78 is 26.8. The fourth-order valence-electron chi connectivity index (χ4n) is 7.28. The molecule has 0 atom stereocenters. The minimum absolute atomic E-state index is 0.0824. The molecule has 1 aliphatic heterocycles. The van der Waals surface area contributed by atoms with E-state index in [0.29, 0.717) is 58.7 Å². The molecule has 0 saturated heterocycles. The Hall–Kier alpha value is -3.71. The second kappa shape index (κ2) is 12.5. The molecule has 7 heteroatoms. The van der Waals surface area contributed by atoms with E-state index in [1.54, 1.807) is 6.07 Å². The summed E-state index contributed by atoms with van der Waals surface area (Å²) in [4.78, 5) is 30.8. The van der Waals surface area contributed by atoms with Crippen LogP contribution in [0.25, 0.3) is 0 Å². The molecule has 3 aromatic rings. The van der Waals surface area contributed by atoms with E-state index in [1.165, 1.54) is 12.1 Å². The molecule has 0 aromatic heterocycles. The van der Waals surface area contributed by atoms with Gasteiger partial charge in [0, 0.05) is 47.8 Å². The molecule has 0 amide bonds. The van der Waals surface area contributed by atoms with Gasteiger partial charge in [0.05, 0.1) is 11.1 Å². The van der Waals surface area contributed by atoms with Crippen molar-refractivity contribution < 1.29 is 23.5 Å². The molecule has 0 fully saturated rings. The highest BCUT2D eigenvalue weighted by Gasteiger charge is 2.49. The first-order valence-corrected chi connectivity index (χ1v) is 16.8. The van der Waals surface area contributed by atoms with Crippen LogP contribution >= 0.6 is 15.9 Å². The molecule has 0 unspecified atom stereocenters. The largest absolute Gasteiger partial charge is 0.490 e. The van der Waals surface area contributed by atoms with Crippen LogP contribution in [0.2, 0.25) is 0 Å². The van der Waals surface area contributed by atoms with E-state index < -0.39 is 5.92 Å². The first kappa shape index (κ1) is 32.2. The van der Waals surface area contributed by atoms with Gasteiger partial charge >= 0.3 is 0 Å². The predicted octanol–water partition coefficient (Wildman–Crippen LogP) is 9.45. The van der Waals surface area contributed by atoms with Gasteiger partial charge in [0.2, 0.25) is 0 Å². The van der Waals surface area contributed by atoms with Crippen molar-refractivity contribution in [1.82, 2.24) is 4.90 Å². The molecule has 0 saturated carbocycles. The average molecular weight is 687 g/mol. The maximum absolute atomic E-state index is 14.3. The Morgan fingerprint density at radius 3 is 2.00 bits per heavy atom. The van der Waals surface area contributed by atoms with Crippen LogP contribution in [-0.2, 0) is 22.7 Å². The number of allylic oxidation sites excluding steroid dienone is 4. The number of rotatable bonds is 8. The van der Waals surface area contributed by atoms with Gasteiger partial charge in [0.1, 0.15) is 12.4 Å². The summed E-state index contributed by atoms with van der Waals surface area (Å²) >= 11 is 3.73. The van der Waals surface area contributed by atoms with Crippen LogP contribution in [0.4, 0.5) is 4.39 Å². The van der Waals surface area contributed by atoms with Crippen molar-refractivity contribution in [2.24, 2.45) is 10.8 Å². The summed E-state index contributed by atoms with van der Waals surface area (Å²) in [6.45, 7) is 11.6. The van der Waals surface area contributed by atoms with Gasteiger partial charge < -0.3 is 14.4 Å². The maximum atomic E-state index is 14.3. The third-order valence-corrected chi connectivity index (χ3v) is 9.73. The van der Waals surface area contributed by atoms with Crippen molar-refractivity contribution in [3.05, 3.63) is 116 Å². The number of Topliss-reactive ketones (excluding diaryl/α,β-unsaturated/α-hetero) is 2. The Balaban J connectivity index is 1.51. The Kier molecular flexibility index (Phi) is 8.75. The number of hydrogen-bond donors (Lipinski definition) is 0. The highest BCUT2D eigenvalue weighted by atomic mass is 79.9. The van der Waals surface area contributed by atoms with E-state index in [1.807, 2.05) is 43.3 Å². The summed E-state index contributed by atoms with van der Waals surface area (Å²) in [5, 5.41) is 0. The number of ether oxygens (including phenoxy) is 2. The smallest absolute Gasteiger partial charge is 0.175 e. The van der Waals surface area contributed by atoms with Crippen LogP contribution in [0.1, 0.15) is 82.9 Å². The third-order valence-electron chi connectivity index (χ3n) is 9.14. The molecule has 0 radical (unpaired) electrons. The molecule has 0 spiro atoms. The summed E-state index contributed by atoms with van der Waals surface area (Å²) in [5.74, 6) is 0.321. The normalized spacial score (nSPS) is 19.2. The lowest BCUT2D eigenvalue weighted by Gasteiger charge is -2.49. The first-order valence-electron chi connectivity index (χ1n) is 16.0. The van der Waals surface area contributed by atoms with Crippen LogP contribution in [0.5, 0.6) is 11.5 Å². The monoisotopic (exact) mass is 685 g/mol. The Morgan fingerprint density at radius 1 is 0.804 bits per heavy atom. The molecule has 0 N–H and O–H groups in total. The van der Waals surface area contributed by atoms with Crippen molar-refractivity contribution in [2.45, 2.75) is 79.4 Å². The standard InChI is InChI=1S/C39H41BrFNO4/c1-6-45-33-17-26(16-28(40)37(33)46-23-25-13-10-14-27(41)15-25)34-35-29(18-38(2,3)20-31(35)43)42(22-24-11-8-7-9-12-24)30-19-39(4,5)21-32(44)36(30)34/h7-17,34H,6,18-23H2,1-5H3. The lowest BCUT2D eigenvalue weighted by atomic mass is 9.63. The van der Waals surface area contributed by atoms with E-state index in [-0.39, 0.29) is 34.8 Å². The lowest BCUT2D eigenvalue weighted by Crippen LogP contribution is -2.44. The van der Waals surface area contributed by atoms with Gasteiger partial charge in [-0.05, 0) is 87.5 Å². The second-order valence-electron chi connectivity index (χ2n) is 14.3. The summed E-state index contributed by atoms with van der Waals surface area (Å²) in [5.41, 5.74) is 5.66. The Morgan fingerprint density at radius 2 is 1.41 bits per heavy atom. The van der Waals surface area contributed by atoms with E-state index >= 15 is 0 Å². The van der Waals surface area contributed by atoms with Crippen molar-refractivity contribution in [3.63, 3.8) is 0 Å². The minimum Gasteiger partial charge on any atom is -0.490 e. The molecule has 2 aliphatic carbocycles. The van der Waals surface area contributed by atoms with E-state index in [9.17, 15) is 14.0 Å². The highest BCUT2D eigenvalue weighted by Crippen LogP contribution is 2.56. The van der Waals surface area contributed by atoms with Crippen LogP contribution in [-0.4, -0.2) is 23.1 Å². The predicted molar refractivity (Wildman–Crippen MR) is 181 cm³/mol. The highest BCUT2D eigenvalue weighted by molar-refractivity contribution is 9.10. The number of ketones is 2. The number of benzene rings is 3. The minimum atomic E-state index is -0.517. The van der Waals surface area contributed by atoms with Gasteiger partial charge in [0.15, 0.2) is 23.1 Å². The molecule has 6 rings (SSSR count). The number of carbonyl (C=O) groups excluding carboxylic acids is 2. The van der Waals surface area contributed by atoms with Gasteiger partial charge in [-0.15, -0.1) is 0 Å². The number of nitrogens with zero attached hydrogens (tertiary/aromatic N) is 1. The number of halogens is 2. The topological polar surface area (TPSA) is 55.8 Å². The summed E-state index contributed by atoms with van der Waals surface area (Å²) in [6, 6.07) is 20.5. The van der Waals surface area contributed by atoms with Gasteiger partial charge in [-0.3, -0.25) is 9.59 Å². The van der Waals surface area contributed by atoms with Crippen molar-refractivity contribution in [3.8, 4) is 11.5 Å². The number of carbonyl (C=O) groups is 2. The van der Waals surface area contributed by atoms with E-state index in [2.05, 4.69) is 60.7 Å². The van der Waals surface area contributed by atoms with Crippen LogP contribution in [0, 0.1) is 16.6 Å². The SMILES string of the molecule is CCOc1cc(C2C3=C(CC(C)(C)CC3=O)N(Cc3ccccc3)C3=C2C(=O)CC(C)(C)C3)cc(Br)c1OCc1cccc(F)c1. The zero-order valence-corrected chi connectivity index (χ0v) is 28.8. The fraction of sp³-hybridized carbons (Fsp3) is 0.385.